The van der Waals surface area contributed by atoms with Gasteiger partial charge in [-0.05, 0) is 113 Å². The van der Waals surface area contributed by atoms with E-state index < -0.39 is 256 Å². The number of rotatable bonds is 22. The number of hydrogen-bond donors (Lipinski definition) is 13. The molecule has 37 nitrogen and oxygen atoms in total. The lowest BCUT2D eigenvalue weighted by Gasteiger charge is -2.69. The predicted octanol–water partition coefficient (Wildman–Crippen LogP) is -2.71. The Morgan fingerprint density at radius 2 is 1.14 bits per heavy atom. The number of carbonyl (C=O) groups is 2. The van der Waals surface area contributed by atoms with Crippen molar-refractivity contribution >= 4 is 43.1 Å². The molecule has 0 unspecified atom stereocenters. The largest absolute Gasteiger partial charge is 0.457 e. The Bertz CT molecular complexity index is 3330. The monoisotopic (exact) mass is 1520 g/mol. The zero-order valence-corrected chi connectivity index (χ0v) is 59.7. The Labute approximate surface area is 583 Å². The molecule has 0 aromatic rings. The van der Waals surface area contributed by atoms with Crippen LogP contribution in [0.15, 0.2) is 11.6 Å². The fraction of sp³-hybridized carbons (Fsp3) is 0.934. The molecule has 6 aliphatic heterocycles. The van der Waals surface area contributed by atoms with Gasteiger partial charge in [-0.1, -0.05) is 39.3 Å². The Hall–Kier alpha value is -2.55. The molecule has 4 saturated carbocycles. The van der Waals surface area contributed by atoms with Crippen molar-refractivity contribution in [1.82, 2.24) is 0 Å². The summed E-state index contributed by atoms with van der Waals surface area (Å²) in [4.78, 5) is 27.9. The minimum absolute atomic E-state index is 0.0192. The van der Waals surface area contributed by atoms with Gasteiger partial charge < -0.3 is 113 Å². The minimum atomic E-state index is -5.36. The normalized spacial score (nSPS) is 48.7. The Balaban J connectivity index is 0.918. The van der Waals surface area contributed by atoms with E-state index in [0.717, 1.165) is 12.7 Å². The number of aliphatic hydroxyl groups is 10. The molecule has 6 heterocycles. The maximum absolute atomic E-state index is 15.0. The number of allylic oxidation sites excluding steroid dienone is 1. The van der Waals surface area contributed by atoms with Gasteiger partial charge in [-0.3, -0.25) is 23.2 Å². The van der Waals surface area contributed by atoms with Gasteiger partial charge in [0.25, 0.3) is 0 Å². The highest BCUT2D eigenvalue weighted by Gasteiger charge is 2.84. The van der Waals surface area contributed by atoms with Crippen molar-refractivity contribution in [3.8, 4) is 0 Å². The minimum Gasteiger partial charge on any atom is -0.457 e. The van der Waals surface area contributed by atoms with Crippen LogP contribution < -0.4 is 0 Å². The first-order valence-electron chi connectivity index (χ1n) is 33.6. The third kappa shape index (κ3) is 15.2. The number of cyclic esters (lactones) is 1. The van der Waals surface area contributed by atoms with E-state index in [4.69, 9.17) is 65.8 Å². The summed E-state index contributed by atoms with van der Waals surface area (Å²) in [5.74, 6) is -1.42. The highest BCUT2D eigenvalue weighted by atomic mass is 32.3. The van der Waals surface area contributed by atoms with Crippen molar-refractivity contribution in [2.45, 2.75) is 285 Å². The lowest BCUT2D eigenvalue weighted by molar-refractivity contribution is -0.403. The molecular weight excluding hydrogens is 1420 g/mol. The Kier molecular flexibility index (Phi) is 23.9. The molecule has 0 aromatic carbocycles. The smallest absolute Gasteiger partial charge is 0.397 e. The van der Waals surface area contributed by atoms with Crippen molar-refractivity contribution in [3.63, 3.8) is 0 Å². The van der Waals surface area contributed by atoms with Crippen LogP contribution in [0.4, 0.5) is 0 Å². The molecule has 13 N–H and O–H groups in total. The number of methoxy groups -OCH3 is 1. The molecule has 33 atom stereocenters. The van der Waals surface area contributed by atoms with Gasteiger partial charge in [-0.25, -0.2) is 12.5 Å². The molecule has 6 saturated heterocycles. The van der Waals surface area contributed by atoms with Crippen molar-refractivity contribution in [3.05, 3.63) is 11.6 Å². The summed E-state index contributed by atoms with van der Waals surface area (Å²) in [6.45, 7) is 12.4. The van der Waals surface area contributed by atoms with E-state index in [0.29, 0.717) is 38.5 Å². The van der Waals surface area contributed by atoms with Gasteiger partial charge in [-0.15, -0.1) is 0 Å². The molecule has 101 heavy (non-hydrogen) atoms. The number of fused-ring (bicyclic) bond motifs is 4. The van der Waals surface area contributed by atoms with Crippen LogP contribution in [0.1, 0.15) is 120 Å². The molecule has 0 radical (unpaired) electrons. The standard InChI is InChI=1S/C61H98O37S3/c1-25(2)11-14-36-59(9,97-27(4)62)61(73)20-19-58(8)29-12-13-34-56(5,6)35(16-17-57(34,7)28(29)15-18-60(58,61)55(72)92-36)91-53-48(40(67)33(22-85-53)98-101(80,81)82)96-54-49(95-50-41(68)37(64)30(63)21-84-50)42(69)45(26(3)88-54)93-52-44(71)47(39(66)32(90-52)24-87-100(77,78)79)94-51-43(70)46(83-10)38(65)31(89-51)23-86-99(74,75)76/h11,26,28-54,63-71,73H,12-24H2,1-10H3,(H,74,75,76)(H,77,78,79)(H,80,81,82)/t26-,28+,29-,30-,31-,32-,33-,34+,35+,36-,37+,38-,39-,40+,41-,42+,43-,44-,45-,46+,47+,48-,49-,50+,51+,52+,53+,54+,57-,58+,59-,60-,61+/m1/s1. The van der Waals surface area contributed by atoms with Gasteiger partial charge in [-0.2, -0.15) is 25.3 Å². The van der Waals surface area contributed by atoms with Crippen LogP contribution in [0.5, 0.6) is 0 Å². The summed E-state index contributed by atoms with van der Waals surface area (Å²) in [6.07, 6.45) is -42.4. The molecule has 10 rings (SSSR count). The van der Waals surface area contributed by atoms with Crippen molar-refractivity contribution < 1.29 is 174 Å². The van der Waals surface area contributed by atoms with Crippen LogP contribution in [-0.4, -0.2) is 300 Å². The van der Waals surface area contributed by atoms with Gasteiger partial charge in [0.2, 0.25) is 0 Å². The van der Waals surface area contributed by atoms with Crippen molar-refractivity contribution in [2.75, 3.05) is 33.5 Å². The molecule has 0 amide bonds. The first kappa shape index (κ1) is 81.0. The first-order valence-corrected chi connectivity index (χ1v) is 37.7. The Morgan fingerprint density at radius 1 is 0.574 bits per heavy atom. The van der Waals surface area contributed by atoms with E-state index in [-0.39, 0.29) is 37.0 Å². The average molecular weight is 1520 g/mol. The lowest BCUT2D eigenvalue weighted by Crippen LogP contribution is -2.77. The summed E-state index contributed by atoms with van der Waals surface area (Å²) >= 11 is 0. The lowest BCUT2D eigenvalue weighted by atomic mass is 9.36. The average Bonchev–Trinajstić information content (AvgIpc) is 1.54. The summed E-state index contributed by atoms with van der Waals surface area (Å²) in [6, 6.07) is 0. The van der Waals surface area contributed by atoms with E-state index in [1.165, 1.54) is 13.8 Å². The summed E-state index contributed by atoms with van der Waals surface area (Å²) in [7, 11) is -14.9. The summed E-state index contributed by atoms with van der Waals surface area (Å²) in [5.41, 5.74) is -5.94. The van der Waals surface area contributed by atoms with E-state index in [1.807, 2.05) is 33.8 Å². The molecule has 40 heteroatoms. The third-order valence-electron chi connectivity index (χ3n) is 23.7. The molecule has 0 aromatic heterocycles. The summed E-state index contributed by atoms with van der Waals surface area (Å²) < 4.78 is 192. The van der Waals surface area contributed by atoms with E-state index in [1.54, 1.807) is 6.92 Å². The number of carbonyl (C=O) groups excluding carboxylic acids is 2. The topological polar surface area (TPSA) is 547 Å². The van der Waals surface area contributed by atoms with E-state index in [2.05, 4.69) is 22.2 Å². The van der Waals surface area contributed by atoms with E-state index in [9.17, 15) is 99.6 Å². The quantitative estimate of drug-likeness (QED) is 0.0227. The maximum Gasteiger partial charge on any atom is 0.397 e. The second-order valence-corrected chi connectivity index (χ2v) is 33.2. The molecule has 4 aliphatic carbocycles. The second kappa shape index (κ2) is 29.8. The highest BCUT2D eigenvalue weighted by Crippen LogP contribution is 2.78. The maximum atomic E-state index is 15.0. The fourth-order valence-electron chi connectivity index (χ4n) is 18.7. The molecule has 1 spiro atoms. The van der Waals surface area contributed by atoms with Crippen LogP contribution in [0.2, 0.25) is 0 Å². The van der Waals surface area contributed by atoms with Crippen LogP contribution >= 0.6 is 0 Å². The molecule has 582 valence electrons. The van der Waals surface area contributed by atoms with Gasteiger partial charge in [0.15, 0.2) is 37.1 Å². The molecule has 10 fully saturated rings. The molecule has 10 aliphatic rings. The van der Waals surface area contributed by atoms with E-state index >= 15 is 0 Å². The second-order valence-electron chi connectivity index (χ2n) is 29.9. The zero-order chi connectivity index (χ0) is 74.6. The van der Waals surface area contributed by atoms with Crippen LogP contribution in [0.3, 0.4) is 0 Å². The number of ether oxygens (including phenoxy) is 13. The molecule has 0 bridgehead atoms. The SMILES string of the molecule is CO[C@@H]1[C@@H](O)[C@H](O[C@@H]2[C@@H](O)[C@H](O[C@H]3[C@H](O)[C@@H](O[C@@H]4OC[C@@H](O)[C@H](O)[C@H]4O)[C@H](O[C@H]4[C@H](O[C@H]5CC[C@]6(C)[C@H]7CC[C@]89C(=O)O[C@H](CC=C(C)C)[C@@](C)(OC(C)=O)[C@@]8(O)CC[C@@]9(C)[C@@H]7CC[C@H]6C5(C)C)OC[C@@H](OS(=O)(=O)O)[C@@H]4O)O[C@@H]3C)O[C@H](COS(=O)(=O)O)[C@H]2O)O[C@H](COS(=O)(=O)O)[C@H]1O. The van der Waals surface area contributed by atoms with Crippen molar-refractivity contribution in [1.29, 1.82) is 0 Å². The van der Waals surface area contributed by atoms with Gasteiger partial charge in [0.05, 0.1) is 38.6 Å². The first-order chi connectivity index (χ1) is 46.8. The predicted molar refractivity (Wildman–Crippen MR) is 331 cm³/mol. The van der Waals surface area contributed by atoms with Gasteiger partial charge in [0.1, 0.15) is 121 Å². The molecular formula is C61H98O37S3. The van der Waals surface area contributed by atoms with Crippen molar-refractivity contribution in [2.24, 2.45) is 39.4 Å². The van der Waals surface area contributed by atoms with Crippen LogP contribution in [0, 0.1) is 39.4 Å². The van der Waals surface area contributed by atoms with Gasteiger partial charge in [0, 0.05) is 20.5 Å². The number of aliphatic hydroxyl groups excluding tert-OH is 9. The Morgan fingerprint density at radius 3 is 1.72 bits per heavy atom. The third-order valence-corrected chi connectivity index (χ3v) is 25.0. The zero-order valence-electron chi connectivity index (χ0n) is 57.3. The number of hydrogen-bond acceptors (Lipinski definition) is 34. The summed E-state index contributed by atoms with van der Waals surface area (Å²) in [5, 5.41) is 116. The van der Waals surface area contributed by atoms with Crippen LogP contribution in [0.25, 0.3) is 0 Å². The fourth-order valence-corrected chi connectivity index (χ4v) is 19.8. The van der Waals surface area contributed by atoms with Gasteiger partial charge >= 0.3 is 43.1 Å². The van der Waals surface area contributed by atoms with Crippen LogP contribution in [-0.2, 0) is 115 Å². The highest BCUT2D eigenvalue weighted by molar-refractivity contribution is 7.81. The number of esters is 2.